The average Bonchev–Trinajstić information content (AvgIpc) is 3.46. The Morgan fingerprint density at radius 1 is 1.00 bits per heavy atom. The summed E-state index contributed by atoms with van der Waals surface area (Å²) in [5.41, 5.74) is 4.14. The largest absolute Gasteiger partial charge is 0.454 e. The lowest BCUT2D eigenvalue weighted by atomic mass is 10.1. The molecule has 37 heavy (non-hydrogen) atoms. The van der Waals surface area contributed by atoms with Crippen molar-refractivity contribution in [1.82, 2.24) is 20.7 Å². The van der Waals surface area contributed by atoms with E-state index < -0.39 is 0 Å². The first-order valence-electron chi connectivity index (χ1n) is 12.0. The van der Waals surface area contributed by atoms with Gasteiger partial charge in [-0.3, -0.25) is 14.6 Å². The predicted molar refractivity (Wildman–Crippen MR) is 149 cm³/mol. The van der Waals surface area contributed by atoms with Crippen molar-refractivity contribution in [3.63, 3.8) is 0 Å². The minimum absolute atomic E-state index is 0. The van der Waals surface area contributed by atoms with Gasteiger partial charge in [-0.15, -0.1) is 24.8 Å². The number of ether oxygens (including phenoxy) is 2. The molecule has 2 aromatic carbocycles. The summed E-state index contributed by atoms with van der Waals surface area (Å²) in [6, 6.07) is 12.3. The summed E-state index contributed by atoms with van der Waals surface area (Å²) in [5.74, 6) is 1.06. The molecule has 2 aliphatic rings. The average molecular weight is 555 g/mol. The van der Waals surface area contributed by atoms with Crippen LogP contribution in [0.1, 0.15) is 30.5 Å². The zero-order valence-electron chi connectivity index (χ0n) is 21.8. The number of benzene rings is 2. The summed E-state index contributed by atoms with van der Waals surface area (Å²) < 4.78 is 11.0. The fraction of sp³-hybridized carbons (Fsp3) is 0.462. The number of anilines is 1. The number of aryl methyl sites for hydroxylation is 1. The maximum absolute atomic E-state index is 13.4. The van der Waals surface area contributed by atoms with E-state index >= 15 is 0 Å². The van der Waals surface area contributed by atoms with Gasteiger partial charge < -0.3 is 25.0 Å². The molecule has 0 saturated heterocycles. The van der Waals surface area contributed by atoms with Crippen molar-refractivity contribution in [2.45, 2.75) is 39.9 Å². The van der Waals surface area contributed by atoms with E-state index in [0.29, 0.717) is 43.7 Å². The fourth-order valence-corrected chi connectivity index (χ4v) is 4.34. The van der Waals surface area contributed by atoms with Gasteiger partial charge in [0.15, 0.2) is 11.5 Å². The SMILES string of the molecule is Cc1cc2c(cc1N(CC(=O)NCCNC(C)C)CC(=O)N(C)N1Cc3ccccc3C1)OCO2.Cl.Cl. The second kappa shape index (κ2) is 13.7. The van der Waals surface area contributed by atoms with Crippen molar-refractivity contribution in [1.29, 1.82) is 0 Å². The zero-order chi connectivity index (χ0) is 24.9. The first-order valence-corrected chi connectivity index (χ1v) is 12.0. The van der Waals surface area contributed by atoms with Gasteiger partial charge >= 0.3 is 0 Å². The molecule has 0 aliphatic carbocycles. The second-order valence-electron chi connectivity index (χ2n) is 9.32. The van der Waals surface area contributed by atoms with Crippen molar-refractivity contribution >= 4 is 42.3 Å². The van der Waals surface area contributed by atoms with Crippen molar-refractivity contribution < 1.29 is 19.1 Å². The summed E-state index contributed by atoms with van der Waals surface area (Å²) in [5, 5.41) is 9.92. The molecule has 0 saturated carbocycles. The van der Waals surface area contributed by atoms with Crippen LogP contribution in [0.2, 0.25) is 0 Å². The van der Waals surface area contributed by atoms with Gasteiger partial charge in [0.2, 0.25) is 12.7 Å². The van der Waals surface area contributed by atoms with E-state index in [1.54, 1.807) is 12.1 Å². The van der Waals surface area contributed by atoms with Crippen LogP contribution in [0.4, 0.5) is 5.69 Å². The highest BCUT2D eigenvalue weighted by atomic mass is 35.5. The molecule has 0 fully saturated rings. The van der Waals surface area contributed by atoms with E-state index in [1.165, 1.54) is 11.1 Å². The molecule has 2 heterocycles. The minimum Gasteiger partial charge on any atom is -0.454 e. The van der Waals surface area contributed by atoms with Crippen molar-refractivity contribution in [3.8, 4) is 11.5 Å². The van der Waals surface area contributed by atoms with E-state index in [9.17, 15) is 9.59 Å². The second-order valence-corrected chi connectivity index (χ2v) is 9.32. The molecule has 2 aliphatic heterocycles. The Morgan fingerprint density at radius 3 is 2.24 bits per heavy atom. The van der Waals surface area contributed by atoms with E-state index in [4.69, 9.17) is 9.47 Å². The molecule has 0 spiro atoms. The lowest BCUT2D eigenvalue weighted by Crippen LogP contribution is -2.48. The number of halogens is 2. The number of hydrazine groups is 1. The number of carbonyl (C=O) groups is 2. The Morgan fingerprint density at radius 2 is 1.62 bits per heavy atom. The highest BCUT2D eigenvalue weighted by Gasteiger charge is 2.28. The Hall–Kier alpha value is -2.72. The Bertz CT molecular complexity index is 1060. The predicted octanol–water partition coefficient (Wildman–Crippen LogP) is 2.88. The lowest BCUT2D eigenvalue weighted by molar-refractivity contribution is -0.145. The molecular formula is C26H37Cl2N5O4. The van der Waals surface area contributed by atoms with Crippen LogP contribution in [0.25, 0.3) is 0 Å². The number of likely N-dealkylation sites (N-methyl/N-ethyl adjacent to an activating group) is 1. The highest BCUT2D eigenvalue weighted by molar-refractivity contribution is 5.87. The summed E-state index contributed by atoms with van der Waals surface area (Å²) >= 11 is 0. The Balaban J connectivity index is 0.00000241. The Kier molecular flexibility index (Phi) is 11.3. The first-order chi connectivity index (χ1) is 16.8. The number of nitrogens with one attached hydrogen (secondary N) is 2. The summed E-state index contributed by atoms with van der Waals surface area (Å²) in [7, 11) is 1.79. The van der Waals surface area contributed by atoms with Gasteiger partial charge in [0.05, 0.1) is 13.1 Å². The summed E-state index contributed by atoms with van der Waals surface area (Å²) in [6.07, 6.45) is 0. The van der Waals surface area contributed by atoms with Crippen LogP contribution < -0.4 is 25.0 Å². The third kappa shape index (κ3) is 7.64. The van der Waals surface area contributed by atoms with Crippen LogP contribution in [0.5, 0.6) is 11.5 Å². The number of nitrogens with zero attached hydrogens (tertiary/aromatic N) is 3. The van der Waals surface area contributed by atoms with Crippen LogP contribution in [0.3, 0.4) is 0 Å². The van der Waals surface area contributed by atoms with Gasteiger partial charge in [0.25, 0.3) is 5.91 Å². The quantitative estimate of drug-likeness (QED) is 0.437. The topological polar surface area (TPSA) is 86.4 Å². The van der Waals surface area contributed by atoms with Crippen molar-refractivity contribution in [2.75, 3.05) is 44.9 Å². The maximum atomic E-state index is 13.4. The summed E-state index contributed by atoms with van der Waals surface area (Å²) in [4.78, 5) is 28.0. The van der Waals surface area contributed by atoms with Crippen LogP contribution in [0, 0.1) is 6.92 Å². The maximum Gasteiger partial charge on any atom is 0.256 e. The highest BCUT2D eigenvalue weighted by Crippen LogP contribution is 2.38. The minimum atomic E-state index is -0.142. The molecule has 2 N–H and O–H groups in total. The summed E-state index contributed by atoms with van der Waals surface area (Å²) in [6.45, 7) is 8.92. The number of hydrogen-bond acceptors (Lipinski definition) is 7. The van der Waals surface area contributed by atoms with Gasteiger partial charge in [0.1, 0.15) is 0 Å². The number of rotatable bonds is 10. The molecule has 0 unspecified atom stereocenters. The van der Waals surface area contributed by atoms with Crippen LogP contribution in [-0.2, 0) is 22.7 Å². The van der Waals surface area contributed by atoms with Gasteiger partial charge in [-0.25, -0.2) is 5.01 Å². The number of fused-ring (bicyclic) bond motifs is 2. The normalized spacial score (nSPS) is 13.4. The molecule has 2 aromatic rings. The van der Waals surface area contributed by atoms with E-state index in [2.05, 4.69) is 36.6 Å². The van der Waals surface area contributed by atoms with E-state index in [0.717, 1.165) is 11.3 Å². The smallest absolute Gasteiger partial charge is 0.256 e. The van der Waals surface area contributed by atoms with Gasteiger partial charge in [0, 0.05) is 51.0 Å². The molecule has 204 valence electrons. The third-order valence-corrected chi connectivity index (χ3v) is 6.30. The standard InChI is InChI=1S/C26H35N5O4.2ClH/c1-18(2)27-9-10-28-25(32)15-30(22-12-24-23(11-19(22)3)34-17-35-24)16-26(33)29(4)31-13-20-7-5-6-8-21(20)14-31;;/h5-8,11-12,18,27H,9-10,13-17H2,1-4H3,(H,28,32);2*1H. The molecule has 0 radical (unpaired) electrons. The Labute approximate surface area is 231 Å². The molecule has 0 aromatic heterocycles. The van der Waals surface area contributed by atoms with Crippen LogP contribution in [-0.4, -0.2) is 67.9 Å². The third-order valence-electron chi connectivity index (χ3n) is 6.30. The zero-order valence-corrected chi connectivity index (χ0v) is 23.4. The molecule has 0 bridgehead atoms. The number of amides is 2. The molecule has 9 nitrogen and oxygen atoms in total. The van der Waals surface area contributed by atoms with Gasteiger partial charge in [-0.1, -0.05) is 38.1 Å². The van der Waals surface area contributed by atoms with Crippen molar-refractivity contribution in [3.05, 3.63) is 53.1 Å². The fourth-order valence-electron chi connectivity index (χ4n) is 4.34. The van der Waals surface area contributed by atoms with Crippen LogP contribution >= 0.6 is 24.8 Å². The first kappa shape index (κ1) is 30.5. The lowest BCUT2D eigenvalue weighted by Gasteiger charge is -2.32. The molecule has 2 amide bonds. The van der Waals surface area contributed by atoms with Crippen LogP contribution in [0.15, 0.2) is 36.4 Å². The number of hydrogen-bond donors (Lipinski definition) is 2. The van der Waals surface area contributed by atoms with Gasteiger partial charge in [-0.2, -0.15) is 0 Å². The molecular weight excluding hydrogens is 517 g/mol. The molecule has 4 rings (SSSR count). The monoisotopic (exact) mass is 553 g/mol. The number of carbonyl (C=O) groups excluding carboxylic acids is 2. The van der Waals surface area contributed by atoms with Gasteiger partial charge in [-0.05, 0) is 29.7 Å². The van der Waals surface area contributed by atoms with E-state index in [-0.39, 0.29) is 56.5 Å². The molecule has 0 atom stereocenters. The molecule has 11 heteroatoms. The van der Waals surface area contributed by atoms with Crippen molar-refractivity contribution in [2.24, 2.45) is 0 Å². The van der Waals surface area contributed by atoms with E-state index in [1.807, 2.05) is 41.1 Å².